The van der Waals surface area contributed by atoms with Gasteiger partial charge in [0.05, 0.1) is 0 Å². The van der Waals surface area contributed by atoms with E-state index in [0.29, 0.717) is 6.61 Å². The van der Waals surface area contributed by atoms with E-state index in [1.54, 1.807) is 0 Å². The van der Waals surface area contributed by atoms with Gasteiger partial charge in [-0.3, -0.25) is 0 Å². The number of ether oxygens (including phenoxy) is 1. The van der Waals surface area contributed by atoms with Gasteiger partial charge in [-0.2, -0.15) is 0 Å². The predicted molar refractivity (Wildman–Crippen MR) is 125 cm³/mol. The number of anilines is 1. The molecule has 0 spiro atoms. The van der Waals surface area contributed by atoms with E-state index in [0.717, 1.165) is 18.6 Å². The zero-order valence-corrected chi connectivity index (χ0v) is 18.0. The summed E-state index contributed by atoms with van der Waals surface area (Å²) in [5.74, 6) is 0.901. The van der Waals surface area contributed by atoms with Gasteiger partial charge >= 0.3 is 0 Å². The van der Waals surface area contributed by atoms with Crippen molar-refractivity contribution in [1.82, 2.24) is 0 Å². The van der Waals surface area contributed by atoms with E-state index < -0.39 is 0 Å². The van der Waals surface area contributed by atoms with Crippen LogP contribution in [-0.2, 0) is 13.0 Å². The SMILES string of the molecule is Cc1ccc(COc2ccc(C=CCCc3cc(C)ccc3N(C)C)cc2)cc1. The highest BCUT2D eigenvalue weighted by Gasteiger charge is 2.04. The standard InChI is InChI=1S/C27H31NO/c1-21-9-12-24(13-10-21)20-29-26-16-14-23(15-17-26)7-5-6-8-25-19-22(2)11-18-27(25)28(3)4/h5,7,9-19H,6,8,20H2,1-4H3. The number of allylic oxidation sites excluding steroid dienone is 1. The van der Waals surface area contributed by atoms with Gasteiger partial charge < -0.3 is 9.64 Å². The zero-order chi connectivity index (χ0) is 20.6. The monoisotopic (exact) mass is 385 g/mol. The highest BCUT2D eigenvalue weighted by Crippen LogP contribution is 2.22. The van der Waals surface area contributed by atoms with Crippen LogP contribution < -0.4 is 9.64 Å². The molecule has 0 atom stereocenters. The lowest BCUT2D eigenvalue weighted by molar-refractivity contribution is 0.306. The summed E-state index contributed by atoms with van der Waals surface area (Å²) in [5, 5.41) is 0. The summed E-state index contributed by atoms with van der Waals surface area (Å²) < 4.78 is 5.89. The lowest BCUT2D eigenvalue weighted by atomic mass is 10.0. The van der Waals surface area contributed by atoms with Crippen molar-refractivity contribution >= 4 is 11.8 Å². The van der Waals surface area contributed by atoms with Crippen LogP contribution in [0.2, 0.25) is 0 Å². The van der Waals surface area contributed by atoms with Crippen molar-refractivity contribution in [2.24, 2.45) is 0 Å². The normalized spacial score (nSPS) is 11.0. The van der Waals surface area contributed by atoms with E-state index in [1.165, 1.54) is 33.5 Å². The summed E-state index contributed by atoms with van der Waals surface area (Å²) in [7, 11) is 4.21. The van der Waals surface area contributed by atoms with E-state index in [4.69, 9.17) is 4.74 Å². The first-order valence-corrected chi connectivity index (χ1v) is 10.2. The summed E-state index contributed by atoms with van der Waals surface area (Å²) >= 11 is 0. The van der Waals surface area contributed by atoms with Crippen LogP contribution in [0.1, 0.15) is 34.2 Å². The summed E-state index contributed by atoms with van der Waals surface area (Å²) in [6.07, 6.45) is 6.51. The number of rotatable bonds is 8. The molecule has 0 bridgehead atoms. The average molecular weight is 386 g/mol. The van der Waals surface area contributed by atoms with Crippen LogP contribution in [0.5, 0.6) is 5.75 Å². The van der Waals surface area contributed by atoms with Gasteiger partial charge in [-0.1, -0.05) is 71.8 Å². The fraction of sp³-hybridized carbons (Fsp3) is 0.259. The lowest BCUT2D eigenvalue weighted by Crippen LogP contribution is -2.11. The van der Waals surface area contributed by atoms with E-state index in [1.807, 2.05) is 12.1 Å². The van der Waals surface area contributed by atoms with Crippen molar-refractivity contribution < 1.29 is 4.74 Å². The second-order valence-electron chi connectivity index (χ2n) is 7.81. The van der Waals surface area contributed by atoms with Gasteiger partial charge in [0, 0.05) is 19.8 Å². The largest absolute Gasteiger partial charge is 0.489 e. The first-order valence-electron chi connectivity index (χ1n) is 10.2. The number of hydrogen-bond donors (Lipinski definition) is 0. The van der Waals surface area contributed by atoms with Gasteiger partial charge in [0.15, 0.2) is 0 Å². The molecule has 0 aliphatic heterocycles. The van der Waals surface area contributed by atoms with Crippen LogP contribution in [0.4, 0.5) is 5.69 Å². The third-order valence-corrected chi connectivity index (χ3v) is 5.01. The molecule has 0 saturated heterocycles. The molecule has 0 amide bonds. The molecule has 3 rings (SSSR count). The van der Waals surface area contributed by atoms with Gasteiger partial charge in [-0.15, -0.1) is 0 Å². The zero-order valence-electron chi connectivity index (χ0n) is 18.0. The maximum atomic E-state index is 5.89. The van der Waals surface area contributed by atoms with Gasteiger partial charge in [0.25, 0.3) is 0 Å². The third kappa shape index (κ3) is 6.25. The second kappa shape index (κ2) is 9.97. The Balaban J connectivity index is 1.51. The Morgan fingerprint density at radius 1 is 0.828 bits per heavy atom. The minimum absolute atomic E-state index is 0.597. The maximum Gasteiger partial charge on any atom is 0.119 e. The lowest BCUT2D eigenvalue weighted by Gasteiger charge is -2.17. The topological polar surface area (TPSA) is 12.5 Å². The molecule has 0 heterocycles. The molecule has 0 aliphatic carbocycles. The quantitative estimate of drug-likeness (QED) is 0.433. The summed E-state index contributed by atoms with van der Waals surface area (Å²) in [5.41, 5.74) is 7.68. The Labute approximate surface area is 175 Å². The van der Waals surface area contributed by atoms with Gasteiger partial charge in [-0.25, -0.2) is 0 Å². The highest BCUT2D eigenvalue weighted by molar-refractivity contribution is 5.55. The van der Waals surface area contributed by atoms with Crippen molar-refractivity contribution in [3.05, 3.63) is 101 Å². The Bertz CT molecular complexity index is 937. The molecule has 0 N–H and O–H groups in total. The second-order valence-corrected chi connectivity index (χ2v) is 7.81. The number of aryl methyl sites for hydroxylation is 3. The number of hydrogen-bond acceptors (Lipinski definition) is 2. The molecule has 2 heteroatoms. The molecule has 3 aromatic rings. The van der Waals surface area contributed by atoms with Crippen LogP contribution >= 0.6 is 0 Å². The van der Waals surface area contributed by atoms with Crippen molar-refractivity contribution in [2.75, 3.05) is 19.0 Å². The van der Waals surface area contributed by atoms with Crippen molar-refractivity contribution in [2.45, 2.75) is 33.3 Å². The fourth-order valence-electron chi connectivity index (χ4n) is 3.34. The predicted octanol–water partition coefficient (Wildman–Crippen LogP) is 6.59. The van der Waals surface area contributed by atoms with E-state index in [-0.39, 0.29) is 0 Å². The van der Waals surface area contributed by atoms with Crippen molar-refractivity contribution in [1.29, 1.82) is 0 Å². The van der Waals surface area contributed by atoms with Crippen molar-refractivity contribution in [3.8, 4) is 5.75 Å². The van der Waals surface area contributed by atoms with Crippen molar-refractivity contribution in [3.63, 3.8) is 0 Å². The molecular weight excluding hydrogens is 354 g/mol. The van der Waals surface area contributed by atoms with Crippen LogP contribution in [0.15, 0.2) is 72.8 Å². The number of benzene rings is 3. The summed E-state index contributed by atoms with van der Waals surface area (Å²) in [6, 6.07) is 23.4. The highest BCUT2D eigenvalue weighted by atomic mass is 16.5. The van der Waals surface area contributed by atoms with Gasteiger partial charge in [0.1, 0.15) is 12.4 Å². The van der Waals surface area contributed by atoms with Crippen LogP contribution in [0, 0.1) is 13.8 Å². The Hall–Kier alpha value is -3.00. The third-order valence-electron chi connectivity index (χ3n) is 5.01. The van der Waals surface area contributed by atoms with E-state index in [9.17, 15) is 0 Å². The molecule has 29 heavy (non-hydrogen) atoms. The first-order chi connectivity index (χ1) is 14.0. The van der Waals surface area contributed by atoms with E-state index >= 15 is 0 Å². The molecule has 2 nitrogen and oxygen atoms in total. The Morgan fingerprint density at radius 2 is 1.52 bits per heavy atom. The molecule has 0 radical (unpaired) electrons. The molecular formula is C27H31NO. The summed E-state index contributed by atoms with van der Waals surface area (Å²) in [6.45, 7) is 4.85. The molecule has 0 unspecified atom stereocenters. The van der Waals surface area contributed by atoms with Gasteiger partial charge in [-0.05, 0) is 61.6 Å². The van der Waals surface area contributed by atoms with Crippen LogP contribution in [0.3, 0.4) is 0 Å². The summed E-state index contributed by atoms with van der Waals surface area (Å²) in [4.78, 5) is 2.19. The van der Waals surface area contributed by atoms with Gasteiger partial charge in [0.2, 0.25) is 0 Å². The first kappa shape index (κ1) is 20.7. The molecule has 150 valence electrons. The molecule has 3 aromatic carbocycles. The van der Waals surface area contributed by atoms with Crippen LogP contribution in [-0.4, -0.2) is 14.1 Å². The molecule has 0 saturated carbocycles. The molecule has 0 fully saturated rings. The fourth-order valence-corrected chi connectivity index (χ4v) is 3.34. The Morgan fingerprint density at radius 3 is 2.21 bits per heavy atom. The minimum atomic E-state index is 0.597. The minimum Gasteiger partial charge on any atom is -0.489 e. The molecule has 0 aliphatic rings. The van der Waals surface area contributed by atoms with Crippen LogP contribution in [0.25, 0.3) is 6.08 Å². The van der Waals surface area contributed by atoms with E-state index in [2.05, 4.69) is 99.6 Å². The molecule has 0 aromatic heterocycles. The maximum absolute atomic E-state index is 5.89. The number of nitrogens with zero attached hydrogens (tertiary/aromatic N) is 1. The Kier molecular flexibility index (Phi) is 7.13. The average Bonchev–Trinajstić information content (AvgIpc) is 2.71. The smallest absolute Gasteiger partial charge is 0.119 e.